The van der Waals surface area contributed by atoms with E-state index in [4.69, 9.17) is 4.52 Å². The van der Waals surface area contributed by atoms with E-state index in [1.165, 1.54) is 12.8 Å². The van der Waals surface area contributed by atoms with E-state index in [1.54, 1.807) is 13.0 Å². The second-order valence-electron chi connectivity index (χ2n) is 4.85. The highest BCUT2D eigenvalue weighted by Gasteiger charge is 2.21. The van der Waals surface area contributed by atoms with Gasteiger partial charge in [-0.15, -0.1) is 0 Å². The lowest BCUT2D eigenvalue weighted by atomic mass is 10.2. The van der Waals surface area contributed by atoms with Gasteiger partial charge in [-0.05, 0) is 39.3 Å². The molecule has 1 N–H and O–H groups in total. The van der Waals surface area contributed by atoms with Crippen LogP contribution in [-0.4, -0.2) is 41.6 Å². The molecule has 2 heterocycles. The molecule has 0 saturated carbocycles. The molecule has 1 aromatic rings. The highest BCUT2D eigenvalue weighted by molar-refractivity contribution is 5.91. The van der Waals surface area contributed by atoms with E-state index in [2.05, 4.69) is 22.3 Å². The topological polar surface area (TPSA) is 58.4 Å². The number of carbonyl (C=O) groups excluding carboxylic acids is 1. The summed E-state index contributed by atoms with van der Waals surface area (Å²) in [7, 11) is 0. The maximum Gasteiger partial charge on any atom is 0.289 e. The van der Waals surface area contributed by atoms with Gasteiger partial charge in [0.15, 0.2) is 0 Å². The number of aromatic nitrogens is 1. The first-order valence-electron chi connectivity index (χ1n) is 6.66. The van der Waals surface area contributed by atoms with Crippen molar-refractivity contribution in [3.05, 3.63) is 17.5 Å². The Balaban J connectivity index is 1.84. The molecule has 100 valence electrons. The summed E-state index contributed by atoms with van der Waals surface area (Å²) in [4.78, 5) is 14.3. The molecule has 0 radical (unpaired) electrons. The van der Waals surface area contributed by atoms with Crippen molar-refractivity contribution in [1.29, 1.82) is 0 Å². The van der Waals surface area contributed by atoms with Crippen molar-refractivity contribution < 1.29 is 9.32 Å². The first kappa shape index (κ1) is 13.1. The van der Waals surface area contributed by atoms with Gasteiger partial charge >= 0.3 is 0 Å². The van der Waals surface area contributed by atoms with E-state index in [9.17, 15) is 4.79 Å². The molecule has 1 fully saturated rings. The standard InChI is InChI=1S/C13H21N3O2/c1-3-11(16-6-4-5-7-16)9-14-13(17)12-8-10(2)15-18-12/h8,11H,3-7,9H2,1-2H3,(H,14,17)/t11-/m1/s1. The second-order valence-corrected chi connectivity index (χ2v) is 4.85. The third kappa shape index (κ3) is 3.10. The minimum Gasteiger partial charge on any atom is -0.351 e. The van der Waals surface area contributed by atoms with E-state index in [-0.39, 0.29) is 5.91 Å². The molecular weight excluding hydrogens is 230 g/mol. The number of hydrogen-bond donors (Lipinski definition) is 1. The van der Waals surface area contributed by atoms with Crippen LogP contribution in [0.1, 0.15) is 42.4 Å². The molecule has 1 amide bonds. The number of likely N-dealkylation sites (tertiary alicyclic amines) is 1. The Morgan fingerprint density at radius 2 is 2.28 bits per heavy atom. The van der Waals surface area contributed by atoms with Crippen LogP contribution in [0.25, 0.3) is 0 Å². The highest BCUT2D eigenvalue weighted by atomic mass is 16.5. The molecule has 1 aliphatic heterocycles. The van der Waals surface area contributed by atoms with Crippen molar-refractivity contribution >= 4 is 5.91 Å². The Hall–Kier alpha value is -1.36. The molecule has 5 nitrogen and oxygen atoms in total. The number of amides is 1. The zero-order valence-electron chi connectivity index (χ0n) is 11.1. The number of nitrogens with one attached hydrogen (secondary N) is 1. The number of nitrogens with zero attached hydrogens (tertiary/aromatic N) is 2. The lowest BCUT2D eigenvalue weighted by molar-refractivity contribution is 0.0900. The van der Waals surface area contributed by atoms with Crippen molar-refractivity contribution in [2.45, 2.75) is 39.2 Å². The van der Waals surface area contributed by atoms with Crippen LogP contribution in [0.4, 0.5) is 0 Å². The van der Waals surface area contributed by atoms with Crippen LogP contribution in [-0.2, 0) is 0 Å². The van der Waals surface area contributed by atoms with Crippen LogP contribution < -0.4 is 5.32 Å². The van der Waals surface area contributed by atoms with E-state index in [0.29, 0.717) is 18.3 Å². The molecule has 0 bridgehead atoms. The fourth-order valence-electron chi connectivity index (χ4n) is 2.41. The molecule has 2 rings (SSSR count). The summed E-state index contributed by atoms with van der Waals surface area (Å²) in [6.45, 7) is 6.94. The quantitative estimate of drug-likeness (QED) is 0.863. The summed E-state index contributed by atoms with van der Waals surface area (Å²) >= 11 is 0. The third-order valence-corrected chi connectivity index (χ3v) is 3.48. The zero-order valence-corrected chi connectivity index (χ0v) is 11.1. The van der Waals surface area contributed by atoms with E-state index in [1.807, 2.05) is 0 Å². The first-order valence-corrected chi connectivity index (χ1v) is 6.66. The van der Waals surface area contributed by atoms with Crippen LogP contribution in [0.5, 0.6) is 0 Å². The Bertz CT molecular complexity index is 397. The Morgan fingerprint density at radius 3 is 2.83 bits per heavy atom. The summed E-state index contributed by atoms with van der Waals surface area (Å²) < 4.78 is 4.94. The molecule has 1 saturated heterocycles. The molecule has 1 aliphatic rings. The maximum absolute atomic E-state index is 11.8. The van der Waals surface area contributed by atoms with Crippen LogP contribution in [0.2, 0.25) is 0 Å². The summed E-state index contributed by atoms with van der Waals surface area (Å²) in [5.41, 5.74) is 0.728. The van der Waals surface area contributed by atoms with Crippen LogP contribution in [0.15, 0.2) is 10.6 Å². The van der Waals surface area contributed by atoms with Crippen molar-refractivity contribution in [3.8, 4) is 0 Å². The zero-order chi connectivity index (χ0) is 13.0. The lowest BCUT2D eigenvalue weighted by Gasteiger charge is -2.26. The summed E-state index contributed by atoms with van der Waals surface area (Å²) in [5, 5.41) is 6.64. The Morgan fingerprint density at radius 1 is 1.56 bits per heavy atom. The minimum atomic E-state index is -0.173. The summed E-state index contributed by atoms with van der Waals surface area (Å²) in [6, 6.07) is 2.09. The molecule has 1 aromatic heterocycles. The Labute approximate surface area is 108 Å². The molecule has 5 heteroatoms. The average Bonchev–Trinajstić information content (AvgIpc) is 3.01. The van der Waals surface area contributed by atoms with Gasteiger partial charge < -0.3 is 9.84 Å². The van der Waals surface area contributed by atoms with Crippen molar-refractivity contribution in [2.24, 2.45) is 0 Å². The van der Waals surface area contributed by atoms with Gasteiger partial charge in [0.25, 0.3) is 5.91 Å². The van der Waals surface area contributed by atoms with E-state index < -0.39 is 0 Å². The van der Waals surface area contributed by atoms with E-state index in [0.717, 1.165) is 25.2 Å². The minimum absolute atomic E-state index is 0.173. The van der Waals surface area contributed by atoms with Gasteiger partial charge in [-0.2, -0.15) is 0 Å². The molecule has 18 heavy (non-hydrogen) atoms. The molecule has 0 unspecified atom stereocenters. The van der Waals surface area contributed by atoms with Crippen LogP contribution in [0.3, 0.4) is 0 Å². The van der Waals surface area contributed by atoms with Crippen molar-refractivity contribution in [3.63, 3.8) is 0 Å². The van der Waals surface area contributed by atoms with Crippen molar-refractivity contribution in [1.82, 2.24) is 15.4 Å². The predicted octanol–water partition coefficient (Wildman–Crippen LogP) is 1.59. The molecular formula is C13H21N3O2. The highest BCUT2D eigenvalue weighted by Crippen LogP contribution is 2.13. The number of carbonyl (C=O) groups is 1. The van der Waals surface area contributed by atoms with E-state index >= 15 is 0 Å². The fourth-order valence-corrected chi connectivity index (χ4v) is 2.41. The summed E-state index contributed by atoms with van der Waals surface area (Å²) in [5.74, 6) is 0.122. The lowest BCUT2D eigenvalue weighted by Crippen LogP contribution is -2.42. The third-order valence-electron chi connectivity index (χ3n) is 3.48. The predicted molar refractivity (Wildman–Crippen MR) is 68.5 cm³/mol. The second kappa shape index (κ2) is 6.00. The van der Waals surface area contributed by atoms with Gasteiger partial charge in [0.2, 0.25) is 5.76 Å². The van der Waals surface area contributed by atoms with Crippen LogP contribution >= 0.6 is 0 Å². The molecule has 0 spiro atoms. The molecule has 0 aliphatic carbocycles. The smallest absolute Gasteiger partial charge is 0.289 e. The van der Waals surface area contributed by atoms with Gasteiger partial charge in [0, 0.05) is 18.7 Å². The van der Waals surface area contributed by atoms with Gasteiger partial charge in [-0.3, -0.25) is 9.69 Å². The van der Waals surface area contributed by atoms with Gasteiger partial charge in [0.05, 0.1) is 5.69 Å². The monoisotopic (exact) mass is 251 g/mol. The fraction of sp³-hybridized carbons (Fsp3) is 0.692. The Kier molecular flexibility index (Phi) is 4.36. The van der Waals surface area contributed by atoms with Gasteiger partial charge in [-0.1, -0.05) is 12.1 Å². The summed E-state index contributed by atoms with van der Waals surface area (Å²) in [6.07, 6.45) is 3.59. The largest absolute Gasteiger partial charge is 0.351 e. The first-order chi connectivity index (χ1) is 8.70. The number of rotatable bonds is 5. The maximum atomic E-state index is 11.8. The van der Waals surface area contributed by atoms with Gasteiger partial charge in [-0.25, -0.2) is 0 Å². The molecule has 0 aromatic carbocycles. The number of hydrogen-bond acceptors (Lipinski definition) is 4. The normalized spacial score (nSPS) is 17.9. The van der Waals surface area contributed by atoms with Gasteiger partial charge in [0.1, 0.15) is 0 Å². The number of aryl methyl sites for hydroxylation is 1. The van der Waals surface area contributed by atoms with Crippen molar-refractivity contribution in [2.75, 3.05) is 19.6 Å². The van der Waals surface area contributed by atoms with Crippen LogP contribution in [0, 0.1) is 6.92 Å². The molecule has 1 atom stereocenters. The average molecular weight is 251 g/mol. The SMILES string of the molecule is CC[C@H](CNC(=O)c1cc(C)no1)N1CCCC1.